The molecule has 0 radical (unpaired) electrons. The number of rotatable bonds is 6. The van der Waals surface area contributed by atoms with Gasteiger partial charge in [0.15, 0.2) is 6.29 Å². The minimum absolute atomic E-state index is 0.262. The van der Waals surface area contributed by atoms with E-state index in [2.05, 4.69) is 17.2 Å². The molecule has 0 spiro atoms. The van der Waals surface area contributed by atoms with Gasteiger partial charge in [0.05, 0.1) is 12.2 Å². The van der Waals surface area contributed by atoms with Gasteiger partial charge in [-0.1, -0.05) is 30.7 Å². The van der Waals surface area contributed by atoms with Crippen LogP contribution in [0.2, 0.25) is 0 Å². The van der Waals surface area contributed by atoms with E-state index >= 15 is 0 Å². The fraction of sp³-hybridized carbons (Fsp3) is 0.357. The molecule has 0 N–H and O–H groups in total. The maximum Gasteiger partial charge on any atom is 0.172 e. The maximum atomic E-state index is 12.8. The molecule has 0 aliphatic heterocycles. The molecule has 0 bridgehead atoms. The first-order chi connectivity index (χ1) is 9.24. The molecule has 1 aromatic carbocycles. The molecule has 0 saturated carbocycles. The zero-order valence-corrected chi connectivity index (χ0v) is 10.8. The lowest BCUT2D eigenvalue weighted by Gasteiger charge is -2.06. The van der Waals surface area contributed by atoms with E-state index in [-0.39, 0.29) is 5.82 Å². The lowest BCUT2D eigenvalue weighted by molar-refractivity contribution is 0.111. The molecule has 0 aliphatic carbocycles. The van der Waals surface area contributed by atoms with E-state index in [1.165, 1.54) is 12.1 Å². The minimum Gasteiger partial charge on any atom is -0.296 e. The van der Waals surface area contributed by atoms with Crippen molar-refractivity contribution in [1.29, 1.82) is 0 Å². The lowest BCUT2D eigenvalue weighted by Crippen LogP contribution is -2.07. The van der Waals surface area contributed by atoms with Crippen LogP contribution < -0.4 is 0 Å². The summed E-state index contributed by atoms with van der Waals surface area (Å²) < 4.78 is 14.6. The highest BCUT2D eigenvalue weighted by molar-refractivity contribution is 5.73. The van der Waals surface area contributed by atoms with Crippen LogP contribution in [0.3, 0.4) is 0 Å². The van der Waals surface area contributed by atoms with Crippen LogP contribution in [0.25, 0.3) is 0 Å². The predicted molar refractivity (Wildman–Crippen MR) is 69.5 cm³/mol. The second-order valence-corrected chi connectivity index (χ2v) is 4.43. The van der Waals surface area contributed by atoms with Crippen molar-refractivity contribution >= 4 is 6.29 Å². The molecule has 2 aromatic rings. The fourth-order valence-electron chi connectivity index (χ4n) is 1.93. The number of carbonyl (C=O) groups excluding carboxylic acids is 1. The largest absolute Gasteiger partial charge is 0.296 e. The van der Waals surface area contributed by atoms with Gasteiger partial charge in [-0.15, -0.1) is 5.10 Å². The summed E-state index contributed by atoms with van der Waals surface area (Å²) in [4.78, 5) is 10.9. The van der Waals surface area contributed by atoms with Crippen molar-refractivity contribution in [2.45, 2.75) is 32.7 Å². The van der Waals surface area contributed by atoms with Crippen LogP contribution in [0, 0.1) is 5.82 Å². The van der Waals surface area contributed by atoms with Crippen LogP contribution in [-0.4, -0.2) is 21.3 Å². The summed E-state index contributed by atoms with van der Waals surface area (Å²) in [5, 5.41) is 7.87. The number of aromatic nitrogens is 3. The first-order valence-corrected chi connectivity index (χ1v) is 6.36. The van der Waals surface area contributed by atoms with E-state index in [0.717, 1.165) is 36.8 Å². The second kappa shape index (κ2) is 6.22. The van der Waals surface area contributed by atoms with Crippen molar-refractivity contribution in [2.24, 2.45) is 0 Å². The third-order valence-electron chi connectivity index (χ3n) is 2.99. The SMILES string of the molecule is CCCCc1c(C=O)nnn1Cc1ccc(F)cc1. The van der Waals surface area contributed by atoms with E-state index in [0.29, 0.717) is 12.2 Å². The Morgan fingerprint density at radius 2 is 2.05 bits per heavy atom. The molecule has 0 saturated heterocycles. The highest BCUT2D eigenvalue weighted by atomic mass is 19.1. The molecule has 0 amide bonds. The van der Waals surface area contributed by atoms with Gasteiger partial charge in [-0.05, 0) is 30.5 Å². The highest BCUT2D eigenvalue weighted by Gasteiger charge is 2.11. The molecule has 19 heavy (non-hydrogen) atoms. The average molecular weight is 261 g/mol. The summed E-state index contributed by atoms with van der Waals surface area (Å²) in [6.45, 7) is 2.59. The molecule has 100 valence electrons. The van der Waals surface area contributed by atoms with Crippen molar-refractivity contribution < 1.29 is 9.18 Å². The molecule has 0 aliphatic rings. The van der Waals surface area contributed by atoms with Crippen LogP contribution in [0.15, 0.2) is 24.3 Å². The highest BCUT2D eigenvalue weighted by Crippen LogP contribution is 2.11. The van der Waals surface area contributed by atoms with E-state index < -0.39 is 0 Å². The summed E-state index contributed by atoms with van der Waals surface area (Å²) in [5.74, 6) is -0.262. The number of nitrogens with zero attached hydrogens (tertiary/aromatic N) is 3. The topological polar surface area (TPSA) is 47.8 Å². The molecule has 4 nitrogen and oxygen atoms in total. The van der Waals surface area contributed by atoms with Gasteiger partial charge in [-0.25, -0.2) is 9.07 Å². The Balaban J connectivity index is 2.21. The number of halogens is 1. The van der Waals surface area contributed by atoms with Crippen LogP contribution in [0.5, 0.6) is 0 Å². The normalized spacial score (nSPS) is 10.6. The Kier molecular flexibility index (Phi) is 4.39. The molecule has 2 rings (SSSR count). The van der Waals surface area contributed by atoms with E-state index in [9.17, 15) is 9.18 Å². The minimum atomic E-state index is -0.262. The maximum absolute atomic E-state index is 12.8. The van der Waals surface area contributed by atoms with Gasteiger partial charge < -0.3 is 0 Å². The monoisotopic (exact) mass is 261 g/mol. The Bertz CT molecular complexity index is 548. The Morgan fingerprint density at radius 3 is 2.68 bits per heavy atom. The molecular formula is C14H16FN3O. The quantitative estimate of drug-likeness (QED) is 0.751. The van der Waals surface area contributed by atoms with Gasteiger partial charge >= 0.3 is 0 Å². The lowest BCUT2D eigenvalue weighted by atomic mass is 10.1. The number of hydrogen-bond acceptors (Lipinski definition) is 3. The van der Waals surface area contributed by atoms with Crippen molar-refractivity contribution in [3.63, 3.8) is 0 Å². The van der Waals surface area contributed by atoms with Crippen molar-refractivity contribution in [3.8, 4) is 0 Å². The van der Waals surface area contributed by atoms with E-state index in [4.69, 9.17) is 0 Å². The summed E-state index contributed by atoms with van der Waals surface area (Å²) in [6, 6.07) is 6.25. The standard InChI is InChI=1S/C14H16FN3O/c1-2-3-4-14-13(10-19)16-17-18(14)9-11-5-7-12(15)8-6-11/h5-8,10H,2-4,9H2,1H3. The third kappa shape index (κ3) is 3.24. The van der Waals surface area contributed by atoms with Crippen LogP contribution in [-0.2, 0) is 13.0 Å². The molecule has 5 heteroatoms. The second-order valence-electron chi connectivity index (χ2n) is 4.43. The smallest absolute Gasteiger partial charge is 0.172 e. The van der Waals surface area contributed by atoms with Crippen LogP contribution >= 0.6 is 0 Å². The average Bonchev–Trinajstić information content (AvgIpc) is 2.81. The Morgan fingerprint density at radius 1 is 1.32 bits per heavy atom. The summed E-state index contributed by atoms with van der Waals surface area (Å²) >= 11 is 0. The Hall–Kier alpha value is -2.04. The number of benzene rings is 1. The van der Waals surface area contributed by atoms with Gasteiger partial charge in [-0.3, -0.25) is 4.79 Å². The van der Waals surface area contributed by atoms with Crippen molar-refractivity contribution in [3.05, 3.63) is 47.0 Å². The summed E-state index contributed by atoms with van der Waals surface area (Å²) in [6.07, 6.45) is 3.54. The van der Waals surface area contributed by atoms with Crippen LogP contribution in [0.4, 0.5) is 4.39 Å². The number of aldehydes is 1. The fourth-order valence-corrected chi connectivity index (χ4v) is 1.93. The number of carbonyl (C=O) groups is 1. The zero-order chi connectivity index (χ0) is 13.7. The van der Waals surface area contributed by atoms with E-state index in [1.54, 1.807) is 16.8 Å². The van der Waals surface area contributed by atoms with Crippen LogP contribution in [0.1, 0.15) is 41.5 Å². The zero-order valence-electron chi connectivity index (χ0n) is 10.8. The molecular weight excluding hydrogens is 245 g/mol. The van der Waals surface area contributed by atoms with Gasteiger partial charge in [-0.2, -0.15) is 0 Å². The van der Waals surface area contributed by atoms with Crippen molar-refractivity contribution in [2.75, 3.05) is 0 Å². The molecule has 1 heterocycles. The summed E-state index contributed by atoms with van der Waals surface area (Å²) in [5.41, 5.74) is 2.18. The third-order valence-corrected chi connectivity index (χ3v) is 2.99. The number of hydrogen-bond donors (Lipinski definition) is 0. The predicted octanol–water partition coefficient (Wildman–Crippen LogP) is 2.62. The Labute approximate surface area is 111 Å². The van der Waals surface area contributed by atoms with E-state index in [1.807, 2.05) is 0 Å². The molecule has 0 unspecified atom stereocenters. The molecule has 0 atom stereocenters. The van der Waals surface area contributed by atoms with Crippen molar-refractivity contribution in [1.82, 2.24) is 15.0 Å². The van der Waals surface area contributed by atoms with Gasteiger partial charge in [0.1, 0.15) is 11.5 Å². The molecule has 0 fully saturated rings. The van der Waals surface area contributed by atoms with Gasteiger partial charge in [0.25, 0.3) is 0 Å². The number of unbranched alkanes of at least 4 members (excludes halogenated alkanes) is 1. The first kappa shape index (κ1) is 13.4. The molecule has 1 aromatic heterocycles. The van der Waals surface area contributed by atoms with Gasteiger partial charge in [0, 0.05) is 0 Å². The first-order valence-electron chi connectivity index (χ1n) is 6.36. The summed E-state index contributed by atoms with van der Waals surface area (Å²) in [7, 11) is 0. The van der Waals surface area contributed by atoms with Gasteiger partial charge in [0.2, 0.25) is 0 Å².